The smallest absolute Gasteiger partial charge is 0.353 e. The highest BCUT2D eigenvalue weighted by Crippen LogP contribution is 2.34. The Balaban J connectivity index is 2.39. The van der Waals surface area contributed by atoms with Crippen molar-refractivity contribution in [2.24, 2.45) is 0 Å². The van der Waals surface area contributed by atoms with Crippen LogP contribution in [0.25, 0.3) is 0 Å². The van der Waals surface area contributed by atoms with E-state index in [1.807, 2.05) is 11.8 Å². The zero-order chi connectivity index (χ0) is 15.2. The van der Waals surface area contributed by atoms with Gasteiger partial charge in [0.25, 0.3) is 0 Å². The predicted octanol–water partition coefficient (Wildman–Crippen LogP) is 1.56. The summed E-state index contributed by atoms with van der Waals surface area (Å²) in [4.78, 5) is 20.9. The second kappa shape index (κ2) is 7.16. The van der Waals surface area contributed by atoms with Crippen molar-refractivity contribution in [3.63, 3.8) is 0 Å². The van der Waals surface area contributed by atoms with Gasteiger partial charge in [0.1, 0.15) is 6.33 Å². The largest absolute Gasteiger partial charge is 0.394 e. The molecule has 1 atom stereocenters. The molecule has 1 fully saturated rings. The topological polar surface area (TPSA) is 104 Å². The summed E-state index contributed by atoms with van der Waals surface area (Å²) < 4.78 is 0. The van der Waals surface area contributed by atoms with E-state index in [-0.39, 0.29) is 24.2 Å². The second-order valence-electron chi connectivity index (χ2n) is 5.10. The van der Waals surface area contributed by atoms with Gasteiger partial charge in [0.2, 0.25) is 11.6 Å². The molecule has 1 aliphatic heterocycles. The highest BCUT2D eigenvalue weighted by Gasteiger charge is 2.31. The standard InChI is InChI=1S/C13H21N5O3/c1-2-6-14-12-11(18(20)21)13(16-9-15-12)17-7-4-3-5-10(17)8-19/h9-10,19H,2-8H2,1H3,(H,14,15,16). The molecular formula is C13H21N5O3. The maximum absolute atomic E-state index is 11.4. The van der Waals surface area contributed by atoms with Gasteiger partial charge >= 0.3 is 5.69 Å². The van der Waals surface area contributed by atoms with Crippen LogP contribution in [-0.2, 0) is 0 Å². The molecule has 116 valence electrons. The number of aliphatic hydroxyl groups excluding tert-OH is 1. The number of nitrogens with one attached hydrogen (secondary N) is 1. The zero-order valence-corrected chi connectivity index (χ0v) is 12.2. The van der Waals surface area contributed by atoms with Crippen LogP contribution < -0.4 is 10.2 Å². The fraction of sp³-hybridized carbons (Fsp3) is 0.692. The predicted molar refractivity (Wildman–Crippen MR) is 79.5 cm³/mol. The Morgan fingerprint density at radius 1 is 1.52 bits per heavy atom. The number of rotatable bonds is 6. The molecule has 1 saturated heterocycles. The van der Waals surface area contributed by atoms with Crippen LogP contribution in [0, 0.1) is 10.1 Å². The minimum absolute atomic E-state index is 0.0289. The van der Waals surface area contributed by atoms with Gasteiger partial charge in [-0.25, -0.2) is 9.97 Å². The summed E-state index contributed by atoms with van der Waals surface area (Å²) in [6.07, 6.45) is 4.95. The van der Waals surface area contributed by atoms with Gasteiger partial charge in [0.05, 0.1) is 17.6 Å². The number of nitrogens with zero attached hydrogens (tertiary/aromatic N) is 4. The number of hydrogen-bond donors (Lipinski definition) is 2. The fourth-order valence-electron chi connectivity index (χ4n) is 2.59. The number of hydrogen-bond acceptors (Lipinski definition) is 7. The molecule has 1 aromatic heterocycles. The van der Waals surface area contributed by atoms with E-state index < -0.39 is 4.92 Å². The van der Waals surface area contributed by atoms with Gasteiger partial charge in [-0.1, -0.05) is 6.92 Å². The fourth-order valence-corrected chi connectivity index (χ4v) is 2.59. The highest BCUT2D eigenvalue weighted by molar-refractivity contribution is 5.70. The Labute approximate surface area is 123 Å². The van der Waals surface area contributed by atoms with E-state index in [0.717, 1.165) is 25.7 Å². The van der Waals surface area contributed by atoms with Crippen molar-refractivity contribution >= 4 is 17.3 Å². The van der Waals surface area contributed by atoms with E-state index in [4.69, 9.17) is 0 Å². The SMILES string of the molecule is CCCNc1ncnc(N2CCCCC2CO)c1[N+](=O)[O-]. The maximum atomic E-state index is 11.4. The number of nitro groups is 1. The third kappa shape index (κ3) is 3.38. The van der Waals surface area contributed by atoms with Gasteiger partial charge in [-0.05, 0) is 25.7 Å². The quantitative estimate of drug-likeness (QED) is 0.606. The van der Waals surface area contributed by atoms with Gasteiger partial charge in [-0.2, -0.15) is 0 Å². The Kier molecular flexibility index (Phi) is 5.26. The van der Waals surface area contributed by atoms with Crippen molar-refractivity contribution in [1.29, 1.82) is 0 Å². The third-order valence-electron chi connectivity index (χ3n) is 3.64. The maximum Gasteiger partial charge on any atom is 0.353 e. The summed E-state index contributed by atoms with van der Waals surface area (Å²) >= 11 is 0. The molecular weight excluding hydrogens is 274 g/mol. The number of aliphatic hydroxyl groups is 1. The molecule has 1 unspecified atom stereocenters. The first-order chi connectivity index (χ1) is 10.2. The summed E-state index contributed by atoms with van der Waals surface area (Å²) in [5.74, 6) is 0.543. The summed E-state index contributed by atoms with van der Waals surface area (Å²) in [6, 6.07) is -0.119. The van der Waals surface area contributed by atoms with Crippen molar-refractivity contribution in [2.75, 3.05) is 29.9 Å². The van der Waals surface area contributed by atoms with Crippen LogP contribution in [0.4, 0.5) is 17.3 Å². The van der Waals surface area contributed by atoms with Gasteiger partial charge in [0, 0.05) is 13.1 Å². The van der Waals surface area contributed by atoms with Crippen LogP contribution in [-0.4, -0.2) is 45.7 Å². The van der Waals surface area contributed by atoms with Crippen LogP contribution in [0.2, 0.25) is 0 Å². The minimum Gasteiger partial charge on any atom is -0.394 e. The second-order valence-corrected chi connectivity index (χ2v) is 5.10. The summed E-state index contributed by atoms with van der Waals surface area (Å²) in [6.45, 7) is 3.23. The van der Waals surface area contributed by atoms with E-state index in [1.54, 1.807) is 0 Å². The minimum atomic E-state index is -0.448. The third-order valence-corrected chi connectivity index (χ3v) is 3.64. The van der Waals surface area contributed by atoms with Crippen LogP contribution in [0.5, 0.6) is 0 Å². The normalized spacial score (nSPS) is 18.6. The van der Waals surface area contributed by atoms with E-state index in [0.29, 0.717) is 18.9 Å². The van der Waals surface area contributed by atoms with E-state index in [9.17, 15) is 15.2 Å². The van der Waals surface area contributed by atoms with E-state index in [2.05, 4.69) is 15.3 Å². The van der Waals surface area contributed by atoms with E-state index in [1.165, 1.54) is 6.33 Å². The van der Waals surface area contributed by atoms with Gasteiger partial charge < -0.3 is 15.3 Å². The first-order valence-electron chi connectivity index (χ1n) is 7.29. The molecule has 0 aliphatic carbocycles. The number of aromatic nitrogens is 2. The highest BCUT2D eigenvalue weighted by atomic mass is 16.6. The molecule has 1 aromatic rings. The van der Waals surface area contributed by atoms with Crippen molar-refractivity contribution in [1.82, 2.24) is 9.97 Å². The molecule has 1 aliphatic rings. The molecule has 0 amide bonds. The lowest BCUT2D eigenvalue weighted by atomic mass is 10.0. The number of piperidine rings is 1. The lowest BCUT2D eigenvalue weighted by molar-refractivity contribution is -0.383. The van der Waals surface area contributed by atoms with Crippen LogP contribution in [0.15, 0.2) is 6.33 Å². The van der Waals surface area contributed by atoms with Gasteiger partial charge in [0.15, 0.2) is 0 Å². The lowest BCUT2D eigenvalue weighted by Crippen LogP contribution is -2.42. The van der Waals surface area contributed by atoms with Crippen molar-refractivity contribution in [3.8, 4) is 0 Å². The molecule has 2 rings (SSSR count). The molecule has 21 heavy (non-hydrogen) atoms. The van der Waals surface area contributed by atoms with Gasteiger partial charge in [-0.15, -0.1) is 0 Å². The Hall–Kier alpha value is -1.96. The Bertz CT molecular complexity index is 497. The first kappa shape index (κ1) is 15.4. The van der Waals surface area contributed by atoms with Crippen molar-refractivity contribution in [3.05, 3.63) is 16.4 Å². The number of anilines is 2. The van der Waals surface area contributed by atoms with Crippen molar-refractivity contribution < 1.29 is 10.0 Å². The molecule has 0 aromatic carbocycles. The Morgan fingerprint density at radius 3 is 3.00 bits per heavy atom. The van der Waals surface area contributed by atoms with Crippen molar-refractivity contribution in [2.45, 2.75) is 38.6 Å². The average molecular weight is 295 g/mol. The van der Waals surface area contributed by atoms with Gasteiger partial charge in [-0.3, -0.25) is 10.1 Å². The molecule has 2 N–H and O–H groups in total. The van der Waals surface area contributed by atoms with Crippen LogP contribution in [0.3, 0.4) is 0 Å². The molecule has 2 heterocycles. The van der Waals surface area contributed by atoms with E-state index >= 15 is 0 Å². The monoisotopic (exact) mass is 295 g/mol. The zero-order valence-electron chi connectivity index (χ0n) is 12.2. The molecule has 8 nitrogen and oxygen atoms in total. The van der Waals surface area contributed by atoms with Crippen LogP contribution >= 0.6 is 0 Å². The molecule has 0 saturated carbocycles. The molecule has 0 radical (unpaired) electrons. The Morgan fingerprint density at radius 2 is 2.33 bits per heavy atom. The summed E-state index contributed by atoms with van der Waals surface area (Å²) in [5, 5.41) is 23.9. The summed E-state index contributed by atoms with van der Waals surface area (Å²) in [7, 11) is 0. The first-order valence-corrected chi connectivity index (χ1v) is 7.29. The molecule has 8 heteroatoms. The molecule has 0 spiro atoms. The lowest BCUT2D eigenvalue weighted by Gasteiger charge is -2.35. The average Bonchev–Trinajstić information content (AvgIpc) is 2.52. The summed E-state index contributed by atoms with van der Waals surface area (Å²) in [5.41, 5.74) is -0.105. The molecule has 0 bridgehead atoms. The van der Waals surface area contributed by atoms with Crippen LogP contribution in [0.1, 0.15) is 32.6 Å².